The van der Waals surface area contributed by atoms with Crippen LogP contribution in [-0.4, -0.2) is 51.3 Å². The average Bonchev–Trinajstić information content (AvgIpc) is 3.38. The number of hydrogen-bond acceptors (Lipinski definition) is 7. The van der Waals surface area contributed by atoms with Crippen molar-refractivity contribution in [2.75, 3.05) is 31.6 Å². The van der Waals surface area contributed by atoms with Gasteiger partial charge in [-0.25, -0.2) is 0 Å². The maximum absolute atomic E-state index is 5.46. The summed E-state index contributed by atoms with van der Waals surface area (Å²) < 4.78 is 7.23. The summed E-state index contributed by atoms with van der Waals surface area (Å²) in [5.74, 6) is 1.44. The van der Waals surface area contributed by atoms with Crippen LogP contribution >= 0.6 is 11.3 Å². The fraction of sp³-hybridized carbons (Fsp3) is 0.429. The Balaban J connectivity index is 1.44. The number of aromatic nitrogens is 5. The van der Waals surface area contributed by atoms with Gasteiger partial charge in [0.25, 0.3) is 5.78 Å². The molecular weight excluding hydrogens is 398 g/mol. The first-order valence-electron chi connectivity index (χ1n) is 10.5. The van der Waals surface area contributed by atoms with E-state index >= 15 is 0 Å². The van der Waals surface area contributed by atoms with E-state index in [0.717, 1.165) is 62.9 Å². The fourth-order valence-corrected chi connectivity index (χ4v) is 5.51. The van der Waals surface area contributed by atoms with E-state index in [4.69, 9.17) is 9.72 Å². The van der Waals surface area contributed by atoms with Crippen LogP contribution in [0.4, 0.5) is 5.82 Å². The van der Waals surface area contributed by atoms with Crippen molar-refractivity contribution < 1.29 is 9.64 Å². The van der Waals surface area contributed by atoms with Crippen LogP contribution in [0.2, 0.25) is 0 Å². The second-order valence-electron chi connectivity index (χ2n) is 7.60. The lowest BCUT2D eigenvalue weighted by Gasteiger charge is -2.24. The number of thiophene rings is 1. The number of ether oxygens (including phenoxy) is 1. The van der Waals surface area contributed by atoms with E-state index in [1.54, 1.807) is 20.8 Å². The van der Waals surface area contributed by atoms with E-state index in [2.05, 4.69) is 51.2 Å². The SMILES string of the molecule is CCOCCCNc1nc2nnnn2c2sc3c(c12)CC[NH+](Cc1ccccc1)C3. The first-order valence-corrected chi connectivity index (χ1v) is 11.4. The molecule has 0 radical (unpaired) electrons. The van der Waals surface area contributed by atoms with Crippen LogP contribution < -0.4 is 10.2 Å². The molecule has 1 unspecified atom stereocenters. The number of fused-ring (bicyclic) bond motifs is 5. The van der Waals surface area contributed by atoms with E-state index < -0.39 is 0 Å². The number of quaternary nitrogens is 1. The third-order valence-electron chi connectivity index (χ3n) is 5.56. The van der Waals surface area contributed by atoms with Crippen LogP contribution in [0.5, 0.6) is 0 Å². The molecule has 3 aromatic heterocycles. The predicted octanol–water partition coefficient (Wildman–Crippen LogP) is 1.71. The Morgan fingerprint density at radius 1 is 1.27 bits per heavy atom. The van der Waals surface area contributed by atoms with Gasteiger partial charge in [-0.1, -0.05) is 35.4 Å². The van der Waals surface area contributed by atoms with Crippen molar-refractivity contribution in [1.82, 2.24) is 25.0 Å². The molecular formula is C21H26N7OS+. The number of benzene rings is 1. The molecule has 0 fully saturated rings. The largest absolute Gasteiger partial charge is 0.382 e. The third-order valence-corrected chi connectivity index (χ3v) is 6.77. The highest BCUT2D eigenvalue weighted by Gasteiger charge is 2.27. The molecule has 8 nitrogen and oxygen atoms in total. The second kappa shape index (κ2) is 8.63. The van der Waals surface area contributed by atoms with E-state index in [1.807, 2.05) is 6.92 Å². The molecule has 1 aliphatic heterocycles. The molecule has 1 aliphatic rings. The van der Waals surface area contributed by atoms with Crippen LogP contribution in [0, 0.1) is 0 Å². The van der Waals surface area contributed by atoms with Gasteiger partial charge in [0.05, 0.1) is 16.8 Å². The average molecular weight is 425 g/mol. The summed E-state index contributed by atoms with van der Waals surface area (Å²) >= 11 is 1.80. The van der Waals surface area contributed by atoms with Gasteiger partial charge in [0.2, 0.25) is 0 Å². The fourth-order valence-electron chi connectivity index (χ4n) is 4.14. The lowest BCUT2D eigenvalue weighted by atomic mass is 10.0. The van der Waals surface area contributed by atoms with Crippen LogP contribution in [0.3, 0.4) is 0 Å². The lowest BCUT2D eigenvalue weighted by Crippen LogP contribution is -3.10. The molecule has 156 valence electrons. The molecule has 30 heavy (non-hydrogen) atoms. The molecule has 2 N–H and O–H groups in total. The molecule has 0 spiro atoms. The normalized spacial score (nSPS) is 16.2. The predicted molar refractivity (Wildman–Crippen MR) is 117 cm³/mol. The summed E-state index contributed by atoms with van der Waals surface area (Å²) in [5.41, 5.74) is 2.79. The van der Waals surface area contributed by atoms with Gasteiger partial charge in [-0.15, -0.1) is 11.3 Å². The highest BCUT2D eigenvalue weighted by Crippen LogP contribution is 2.36. The zero-order valence-electron chi connectivity index (χ0n) is 17.1. The Kier molecular flexibility index (Phi) is 5.56. The van der Waals surface area contributed by atoms with Gasteiger partial charge in [-0.2, -0.15) is 9.50 Å². The van der Waals surface area contributed by atoms with Gasteiger partial charge in [-0.3, -0.25) is 0 Å². The Morgan fingerprint density at radius 2 is 2.17 bits per heavy atom. The number of rotatable bonds is 8. The van der Waals surface area contributed by atoms with Crippen LogP contribution in [-0.2, 0) is 24.2 Å². The van der Waals surface area contributed by atoms with Crippen molar-refractivity contribution >= 4 is 33.1 Å². The molecule has 0 saturated carbocycles. The van der Waals surface area contributed by atoms with Crippen molar-refractivity contribution in [1.29, 1.82) is 0 Å². The van der Waals surface area contributed by atoms with Gasteiger partial charge in [0.15, 0.2) is 0 Å². The van der Waals surface area contributed by atoms with E-state index in [9.17, 15) is 0 Å². The maximum atomic E-state index is 5.46. The monoisotopic (exact) mass is 424 g/mol. The number of anilines is 1. The van der Waals surface area contributed by atoms with Crippen LogP contribution in [0.1, 0.15) is 29.3 Å². The van der Waals surface area contributed by atoms with Crippen molar-refractivity contribution in [3.8, 4) is 0 Å². The smallest absolute Gasteiger partial charge is 0.276 e. The van der Waals surface area contributed by atoms with Crippen LogP contribution in [0.15, 0.2) is 30.3 Å². The van der Waals surface area contributed by atoms with E-state index in [0.29, 0.717) is 5.78 Å². The highest BCUT2D eigenvalue weighted by atomic mass is 32.1. The topological polar surface area (TPSA) is 81.7 Å². The molecule has 0 amide bonds. The minimum atomic E-state index is 0.543. The summed E-state index contributed by atoms with van der Waals surface area (Å²) in [4.78, 5) is 8.82. The van der Waals surface area contributed by atoms with Gasteiger partial charge in [0, 0.05) is 31.7 Å². The molecule has 1 aromatic carbocycles. The van der Waals surface area contributed by atoms with Crippen LogP contribution in [0.25, 0.3) is 16.0 Å². The summed E-state index contributed by atoms with van der Waals surface area (Å²) in [7, 11) is 0. The summed E-state index contributed by atoms with van der Waals surface area (Å²) in [6.45, 7) is 7.53. The van der Waals surface area contributed by atoms with Crippen molar-refractivity contribution in [2.45, 2.75) is 32.9 Å². The van der Waals surface area contributed by atoms with E-state index in [-0.39, 0.29) is 0 Å². The number of nitrogens with zero attached hydrogens (tertiary/aromatic N) is 5. The molecule has 0 aliphatic carbocycles. The van der Waals surface area contributed by atoms with Gasteiger partial charge in [0.1, 0.15) is 23.7 Å². The summed E-state index contributed by atoms with van der Waals surface area (Å²) in [5, 5.41) is 16.8. The zero-order valence-corrected chi connectivity index (χ0v) is 17.9. The second-order valence-corrected chi connectivity index (χ2v) is 8.69. The minimum Gasteiger partial charge on any atom is -0.382 e. The Labute approximate surface area is 178 Å². The molecule has 4 heterocycles. The molecule has 9 heteroatoms. The van der Waals surface area contributed by atoms with Gasteiger partial charge < -0.3 is 15.0 Å². The minimum absolute atomic E-state index is 0.543. The number of hydrogen-bond donors (Lipinski definition) is 2. The highest BCUT2D eigenvalue weighted by molar-refractivity contribution is 7.19. The molecule has 4 aromatic rings. The Hall–Kier alpha value is -2.62. The first-order chi connectivity index (χ1) is 14.8. The number of nitrogens with one attached hydrogen (secondary N) is 2. The molecule has 1 atom stereocenters. The van der Waals surface area contributed by atoms with Gasteiger partial charge in [-0.05, 0) is 29.3 Å². The summed E-state index contributed by atoms with van der Waals surface area (Å²) in [6, 6.07) is 10.7. The first kappa shape index (κ1) is 19.3. The third kappa shape index (κ3) is 3.76. The lowest BCUT2D eigenvalue weighted by molar-refractivity contribution is -0.929. The number of tetrazole rings is 1. The molecule has 5 rings (SSSR count). The van der Waals surface area contributed by atoms with E-state index in [1.165, 1.54) is 21.4 Å². The zero-order chi connectivity index (χ0) is 20.3. The van der Waals surface area contributed by atoms with Crippen molar-refractivity contribution in [2.24, 2.45) is 0 Å². The summed E-state index contributed by atoms with van der Waals surface area (Å²) in [6.07, 6.45) is 1.98. The standard InChI is InChI=1S/C21H25N7OS/c1-2-29-12-6-10-22-19-18-16-9-11-27(13-15-7-4-3-5-8-15)14-17(16)30-20(18)28-21(23-19)24-25-26-28/h3-5,7-8H,2,6,9-14H2,1H3,(H,22,23,24,26)/p+1. The Bertz CT molecular complexity index is 1140. The van der Waals surface area contributed by atoms with Crippen molar-refractivity contribution in [3.63, 3.8) is 0 Å². The van der Waals surface area contributed by atoms with Gasteiger partial charge >= 0.3 is 0 Å². The van der Waals surface area contributed by atoms with Crippen molar-refractivity contribution in [3.05, 3.63) is 46.3 Å². The molecule has 0 saturated heterocycles. The Morgan fingerprint density at radius 3 is 3.03 bits per heavy atom. The quantitative estimate of drug-likeness (QED) is 0.419. The maximum Gasteiger partial charge on any atom is 0.276 e. The molecule has 0 bridgehead atoms.